The number of nitrogens with two attached hydrogens (primary N) is 1. The Labute approximate surface area is 118 Å². The number of nitrogens with one attached hydrogen (secondary N) is 2. The summed E-state index contributed by atoms with van der Waals surface area (Å²) in [5, 5.41) is 5.44. The third-order valence-electron chi connectivity index (χ3n) is 2.61. The van der Waals surface area contributed by atoms with Gasteiger partial charge >= 0.3 is 0 Å². The summed E-state index contributed by atoms with van der Waals surface area (Å²) in [4.78, 5) is 23.3. The number of anilines is 2. The topological polar surface area (TPSA) is 93.4 Å². The predicted molar refractivity (Wildman–Crippen MR) is 78.4 cm³/mol. The van der Waals surface area contributed by atoms with E-state index in [1.54, 1.807) is 24.3 Å². The first kappa shape index (κ1) is 16.1. The molecule has 1 aromatic carbocycles. The normalized spacial score (nSPS) is 12.1. The molecule has 1 aromatic rings. The van der Waals surface area contributed by atoms with Crippen LogP contribution in [-0.4, -0.2) is 31.6 Å². The van der Waals surface area contributed by atoms with Crippen molar-refractivity contribution in [2.24, 2.45) is 11.7 Å². The average molecular weight is 279 g/mol. The minimum absolute atomic E-state index is 0.0791. The number of rotatable bonds is 6. The lowest BCUT2D eigenvalue weighted by molar-refractivity contribution is -0.119. The molecule has 0 bridgehead atoms. The van der Waals surface area contributed by atoms with E-state index >= 15 is 0 Å². The fourth-order valence-corrected chi connectivity index (χ4v) is 1.45. The van der Waals surface area contributed by atoms with Gasteiger partial charge < -0.3 is 21.1 Å². The lowest BCUT2D eigenvalue weighted by Gasteiger charge is -2.13. The maximum Gasteiger partial charge on any atom is 0.243 e. The molecule has 1 rings (SSSR count). The molecule has 110 valence electrons. The highest BCUT2D eigenvalue weighted by Crippen LogP contribution is 2.16. The van der Waals surface area contributed by atoms with Gasteiger partial charge in [0.2, 0.25) is 11.8 Å². The molecule has 0 aliphatic carbocycles. The van der Waals surface area contributed by atoms with Crippen molar-refractivity contribution in [3.8, 4) is 0 Å². The molecule has 0 aliphatic rings. The minimum Gasteiger partial charge on any atom is -0.383 e. The smallest absolute Gasteiger partial charge is 0.243 e. The summed E-state index contributed by atoms with van der Waals surface area (Å²) < 4.78 is 4.82. The van der Waals surface area contributed by atoms with Gasteiger partial charge in [-0.2, -0.15) is 0 Å². The fourth-order valence-electron chi connectivity index (χ4n) is 1.45. The van der Waals surface area contributed by atoms with Gasteiger partial charge in [0.1, 0.15) is 6.04 Å². The van der Waals surface area contributed by atoms with Crippen molar-refractivity contribution in [1.82, 2.24) is 0 Å². The molecule has 0 spiro atoms. The van der Waals surface area contributed by atoms with Crippen molar-refractivity contribution < 1.29 is 14.3 Å². The minimum atomic E-state index is -0.728. The van der Waals surface area contributed by atoms with Gasteiger partial charge in [0, 0.05) is 24.4 Å². The summed E-state index contributed by atoms with van der Waals surface area (Å²) >= 11 is 0. The second-order valence-corrected chi connectivity index (χ2v) is 4.78. The molecule has 0 saturated carbocycles. The van der Waals surface area contributed by atoms with Crippen molar-refractivity contribution in [2.45, 2.75) is 19.9 Å². The number of hydrogen-bond donors (Lipinski definition) is 3. The van der Waals surface area contributed by atoms with Crippen LogP contribution in [0.5, 0.6) is 0 Å². The third-order valence-corrected chi connectivity index (χ3v) is 2.61. The van der Waals surface area contributed by atoms with Crippen LogP contribution in [0.1, 0.15) is 13.8 Å². The molecule has 0 saturated heterocycles. The summed E-state index contributed by atoms with van der Waals surface area (Å²) in [6, 6.07) is 6.17. The van der Waals surface area contributed by atoms with Crippen LogP contribution < -0.4 is 16.4 Å². The maximum absolute atomic E-state index is 11.7. The predicted octanol–water partition coefficient (Wildman–Crippen LogP) is 1.19. The zero-order valence-electron chi connectivity index (χ0n) is 12.0. The number of methoxy groups -OCH3 is 1. The van der Waals surface area contributed by atoms with E-state index in [0.29, 0.717) is 11.4 Å². The zero-order valence-corrected chi connectivity index (χ0v) is 12.0. The van der Waals surface area contributed by atoms with Crippen LogP contribution in [0.4, 0.5) is 11.4 Å². The lowest BCUT2D eigenvalue weighted by Crippen LogP contribution is -2.39. The Bertz CT molecular complexity index is 474. The molecule has 0 heterocycles. The van der Waals surface area contributed by atoms with Crippen LogP contribution in [0, 0.1) is 5.92 Å². The van der Waals surface area contributed by atoms with E-state index in [9.17, 15) is 9.59 Å². The zero-order chi connectivity index (χ0) is 15.1. The van der Waals surface area contributed by atoms with E-state index in [0.717, 1.165) is 0 Å². The molecule has 0 radical (unpaired) electrons. The Morgan fingerprint density at radius 2 is 1.75 bits per heavy atom. The van der Waals surface area contributed by atoms with Gasteiger partial charge in [0.25, 0.3) is 0 Å². The van der Waals surface area contributed by atoms with E-state index in [4.69, 9.17) is 10.5 Å². The molecule has 0 aliphatic heterocycles. The molecule has 4 N–H and O–H groups in total. The molecule has 6 nitrogen and oxygen atoms in total. The lowest BCUT2D eigenvalue weighted by atomic mass is 10.2. The first-order valence-corrected chi connectivity index (χ1v) is 6.40. The van der Waals surface area contributed by atoms with Crippen LogP contribution in [0.25, 0.3) is 0 Å². The van der Waals surface area contributed by atoms with Gasteiger partial charge in [-0.15, -0.1) is 0 Å². The van der Waals surface area contributed by atoms with Crippen molar-refractivity contribution >= 4 is 23.2 Å². The molecule has 0 aromatic heterocycles. The van der Waals surface area contributed by atoms with Gasteiger partial charge in [-0.05, 0) is 18.2 Å². The molecule has 1 unspecified atom stereocenters. The second-order valence-electron chi connectivity index (χ2n) is 4.78. The second kappa shape index (κ2) is 7.62. The van der Waals surface area contributed by atoms with Crippen molar-refractivity contribution in [1.29, 1.82) is 0 Å². The van der Waals surface area contributed by atoms with Crippen molar-refractivity contribution in [3.05, 3.63) is 24.3 Å². The Kier molecular flexibility index (Phi) is 6.14. The van der Waals surface area contributed by atoms with Crippen molar-refractivity contribution in [3.63, 3.8) is 0 Å². The fraction of sp³-hybridized carbons (Fsp3) is 0.429. The summed E-state index contributed by atoms with van der Waals surface area (Å²) in [6.45, 7) is 3.77. The van der Waals surface area contributed by atoms with E-state index < -0.39 is 6.04 Å². The number of carbonyl (C=O) groups excluding carboxylic acids is 2. The van der Waals surface area contributed by atoms with Crippen LogP contribution in [-0.2, 0) is 14.3 Å². The monoisotopic (exact) mass is 279 g/mol. The summed E-state index contributed by atoms with van der Waals surface area (Å²) in [5.41, 5.74) is 6.83. The Morgan fingerprint density at radius 1 is 1.20 bits per heavy atom. The molecular weight excluding hydrogens is 258 g/mol. The van der Waals surface area contributed by atoms with E-state index in [2.05, 4.69) is 10.6 Å². The largest absolute Gasteiger partial charge is 0.383 e. The van der Waals surface area contributed by atoms with Gasteiger partial charge in [0.15, 0.2) is 0 Å². The van der Waals surface area contributed by atoms with Crippen LogP contribution in [0.3, 0.4) is 0 Å². The number of ether oxygens (including phenoxy) is 1. The quantitative estimate of drug-likeness (QED) is 0.729. The first-order chi connectivity index (χ1) is 9.43. The molecule has 1 atom stereocenters. The Morgan fingerprint density at radius 3 is 2.25 bits per heavy atom. The number of hydrogen-bond acceptors (Lipinski definition) is 4. The van der Waals surface area contributed by atoms with Crippen LogP contribution in [0.15, 0.2) is 24.3 Å². The maximum atomic E-state index is 11.7. The highest BCUT2D eigenvalue weighted by atomic mass is 16.5. The number of amides is 2. The number of carbonyl (C=O) groups is 2. The van der Waals surface area contributed by atoms with Crippen LogP contribution in [0.2, 0.25) is 0 Å². The van der Waals surface area contributed by atoms with E-state index in [-0.39, 0.29) is 24.3 Å². The first-order valence-electron chi connectivity index (χ1n) is 6.40. The van der Waals surface area contributed by atoms with Gasteiger partial charge in [-0.1, -0.05) is 19.9 Å². The van der Waals surface area contributed by atoms with E-state index in [1.165, 1.54) is 7.11 Å². The van der Waals surface area contributed by atoms with Gasteiger partial charge in [-0.25, -0.2) is 0 Å². The third kappa shape index (κ3) is 4.99. The van der Waals surface area contributed by atoms with Crippen molar-refractivity contribution in [2.75, 3.05) is 24.4 Å². The summed E-state index contributed by atoms with van der Waals surface area (Å²) in [5.74, 6) is -0.521. The molecular formula is C14H21N3O3. The number of benzene rings is 1. The highest BCUT2D eigenvalue weighted by Gasteiger charge is 2.13. The Balaban J connectivity index is 2.68. The highest BCUT2D eigenvalue weighted by molar-refractivity contribution is 5.96. The average Bonchev–Trinajstić information content (AvgIpc) is 2.39. The molecule has 0 fully saturated rings. The van der Waals surface area contributed by atoms with Gasteiger partial charge in [0.05, 0.1) is 6.61 Å². The Hall–Kier alpha value is -1.92. The SMILES string of the molecule is COCC(N)C(=O)Nc1cccc(NC(=O)C(C)C)c1. The standard InChI is InChI=1S/C14H21N3O3/c1-9(2)13(18)16-10-5-4-6-11(7-10)17-14(19)12(15)8-20-3/h4-7,9,12H,8,15H2,1-3H3,(H,16,18)(H,17,19). The van der Waals surface area contributed by atoms with Crippen LogP contribution >= 0.6 is 0 Å². The molecule has 2 amide bonds. The summed E-state index contributed by atoms with van der Waals surface area (Å²) in [7, 11) is 1.48. The molecule has 20 heavy (non-hydrogen) atoms. The van der Waals surface area contributed by atoms with E-state index in [1.807, 2.05) is 13.8 Å². The van der Waals surface area contributed by atoms with Gasteiger partial charge in [-0.3, -0.25) is 9.59 Å². The summed E-state index contributed by atoms with van der Waals surface area (Å²) in [6.07, 6.45) is 0. The molecule has 6 heteroatoms.